The van der Waals surface area contributed by atoms with Crippen LogP contribution in [-0.4, -0.2) is 20.8 Å². The minimum atomic E-state index is 0.0206. The second-order valence-corrected chi connectivity index (χ2v) is 5.67. The van der Waals surface area contributed by atoms with Crippen molar-refractivity contribution in [3.8, 4) is 17.6 Å². The van der Waals surface area contributed by atoms with Crippen LogP contribution in [0.15, 0.2) is 12.1 Å². The number of benzene rings is 1. The van der Waals surface area contributed by atoms with E-state index in [0.29, 0.717) is 36.1 Å². The number of halogens is 1. The highest BCUT2D eigenvalue weighted by molar-refractivity contribution is 6.32. The summed E-state index contributed by atoms with van der Waals surface area (Å²) >= 11 is 6.28. The largest absolute Gasteiger partial charge is 0.493 e. The molecule has 5 heteroatoms. The van der Waals surface area contributed by atoms with Gasteiger partial charge in [-0.1, -0.05) is 11.6 Å². The first kappa shape index (κ1) is 15.0. The highest BCUT2D eigenvalue weighted by Crippen LogP contribution is 2.49. The van der Waals surface area contributed by atoms with Crippen LogP contribution in [0.3, 0.4) is 0 Å². The summed E-state index contributed by atoms with van der Waals surface area (Å²) in [6, 6.07) is 6.02. The minimum absolute atomic E-state index is 0.0206. The zero-order valence-corrected chi connectivity index (χ0v) is 12.6. The van der Waals surface area contributed by atoms with Gasteiger partial charge >= 0.3 is 0 Å². The van der Waals surface area contributed by atoms with E-state index in [-0.39, 0.29) is 5.41 Å². The van der Waals surface area contributed by atoms with Gasteiger partial charge < -0.3 is 14.8 Å². The molecule has 108 valence electrons. The van der Waals surface area contributed by atoms with Crippen LogP contribution >= 0.6 is 11.6 Å². The molecule has 1 aromatic carbocycles. The van der Waals surface area contributed by atoms with Gasteiger partial charge in [0.25, 0.3) is 0 Å². The number of hydrogen-bond acceptors (Lipinski definition) is 4. The lowest BCUT2D eigenvalue weighted by molar-refractivity contribution is 0.227. The van der Waals surface area contributed by atoms with Gasteiger partial charge in [0.15, 0.2) is 11.5 Å². The third-order valence-electron chi connectivity index (χ3n) is 3.60. The lowest BCUT2D eigenvalue weighted by atomic mass is 10.1. The second-order valence-electron chi connectivity index (χ2n) is 5.26. The van der Waals surface area contributed by atoms with Crippen LogP contribution in [0, 0.1) is 16.7 Å². The highest BCUT2D eigenvalue weighted by Gasteiger charge is 2.43. The topological polar surface area (TPSA) is 54.3 Å². The van der Waals surface area contributed by atoms with Crippen LogP contribution in [-0.2, 0) is 6.54 Å². The number of nitrogens with one attached hydrogen (secondary N) is 1. The van der Waals surface area contributed by atoms with Gasteiger partial charge in [0.1, 0.15) is 0 Å². The SMILES string of the molecule is CNCc1cc(Cl)c(OCC2(CC#N)CC2)c(OC)c1. The predicted molar refractivity (Wildman–Crippen MR) is 78.2 cm³/mol. The van der Waals surface area contributed by atoms with E-state index < -0.39 is 0 Å². The fourth-order valence-corrected chi connectivity index (χ4v) is 2.45. The highest BCUT2D eigenvalue weighted by atomic mass is 35.5. The minimum Gasteiger partial charge on any atom is -0.493 e. The van der Waals surface area contributed by atoms with Gasteiger partial charge in [-0.2, -0.15) is 5.26 Å². The van der Waals surface area contributed by atoms with Gasteiger partial charge in [0.05, 0.1) is 24.8 Å². The molecule has 0 saturated heterocycles. The van der Waals surface area contributed by atoms with Crippen molar-refractivity contribution in [2.45, 2.75) is 25.8 Å². The molecule has 1 fully saturated rings. The predicted octanol–water partition coefficient (Wildman–Crippen LogP) is 3.14. The average Bonchev–Trinajstić information content (AvgIpc) is 3.18. The van der Waals surface area contributed by atoms with E-state index in [1.807, 2.05) is 19.2 Å². The van der Waals surface area contributed by atoms with E-state index in [9.17, 15) is 0 Å². The van der Waals surface area contributed by atoms with E-state index in [1.54, 1.807) is 7.11 Å². The molecule has 0 amide bonds. The van der Waals surface area contributed by atoms with E-state index in [2.05, 4.69) is 11.4 Å². The zero-order chi connectivity index (χ0) is 14.6. The molecule has 20 heavy (non-hydrogen) atoms. The Morgan fingerprint density at radius 3 is 2.75 bits per heavy atom. The maximum atomic E-state index is 8.83. The summed E-state index contributed by atoms with van der Waals surface area (Å²) in [7, 11) is 3.48. The fourth-order valence-electron chi connectivity index (χ4n) is 2.16. The molecular formula is C15H19ClN2O2. The number of hydrogen-bond donors (Lipinski definition) is 1. The molecular weight excluding hydrogens is 276 g/mol. The van der Waals surface area contributed by atoms with Crippen LogP contribution in [0.1, 0.15) is 24.8 Å². The third kappa shape index (κ3) is 3.36. The lowest BCUT2D eigenvalue weighted by Gasteiger charge is -2.17. The van der Waals surface area contributed by atoms with Crippen molar-refractivity contribution >= 4 is 11.6 Å². The molecule has 0 bridgehead atoms. The van der Waals surface area contributed by atoms with Gasteiger partial charge in [-0.05, 0) is 37.6 Å². The van der Waals surface area contributed by atoms with Crippen LogP contribution < -0.4 is 14.8 Å². The summed E-state index contributed by atoms with van der Waals surface area (Å²) in [5, 5.41) is 12.4. The van der Waals surface area contributed by atoms with Crippen molar-refractivity contribution in [2.24, 2.45) is 5.41 Å². The number of rotatable bonds is 7. The molecule has 1 aliphatic rings. The monoisotopic (exact) mass is 294 g/mol. The maximum Gasteiger partial charge on any atom is 0.179 e. The van der Waals surface area contributed by atoms with Crippen molar-refractivity contribution in [3.63, 3.8) is 0 Å². The molecule has 2 rings (SSSR count). The van der Waals surface area contributed by atoms with Crippen molar-refractivity contribution in [3.05, 3.63) is 22.7 Å². The van der Waals surface area contributed by atoms with Gasteiger partial charge in [0, 0.05) is 18.4 Å². The Morgan fingerprint density at radius 2 is 2.20 bits per heavy atom. The Hall–Kier alpha value is -1.44. The van der Waals surface area contributed by atoms with Gasteiger partial charge in [-0.25, -0.2) is 0 Å². The fraction of sp³-hybridized carbons (Fsp3) is 0.533. The van der Waals surface area contributed by atoms with Crippen molar-refractivity contribution in [1.29, 1.82) is 5.26 Å². The maximum absolute atomic E-state index is 8.83. The standard InChI is InChI=1S/C15H19ClN2O2/c1-18-9-11-7-12(16)14(13(8-11)19-2)20-10-15(3-4-15)5-6-17/h7-8,18H,3-5,9-10H2,1-2H3. The van der Waals surface area contributed by atoms with Crippen molar-refractivity contribution < 1.29 is 9.47 Å². The second kappa shape index (κ2) is 6.34. The van der Waals surface area contributed by atoms with Crippen molar-refractivity contribution in [1.82, 2.24) is 5.32 Å². The number of ether oxygens (including phenoxy) is 2. The zero-order valence-electron chi connectivity index (χ0n) is 11.8. The lowest BCUT2D eigenvalue weighted by Crippen LogP contribution is -2.13. The van der Waals surface area contributed by atoms with E-state index >= 15 is 0 Å². The van der Waals surface area contributed by atoms with Crippen molar-refractivity contribution in [2.75, 3.05) is 20.8 Å². The molecule has 0 spiro atoms. The Balaban J connectivity index is 2.13. The number of methoxy groups -OCH3 is 1. The molecule has 0 unspecified atom stereocenters. The Morgan fingerprint density at radius 1 is 1.45 bits per heavy atom. The molecule has 0 radical (unpaired) electrons. The molecule has 4 nitrogen and oxygen atoms in total. The normalized spacial score (nSPS) is 15.5. The summed E-state index contributed by atoms with van der Waals surface area (Å²) in [5.74, 6) is 1.20. The summed E-state index contributed by atoms with van der Waals surface area (Å²) in [4.78, 5) is 0. The van der Waals surface area contributed by atoms with E-state index in [1.165, 1.54) is 0 Å². The molecule has 1 saturated carbocycles. The molecule has 0 aliphatic heterocycles. The Labute approximate surface area is 124 Å². The molecule has 0 atom stereocenters. The number of nitriles is 1. The van der Waals surface area contributed by atoms with Gasteiger partial charge in [0.2, 0.25) is 0 Å². The van der Waals surface area contributed by atoms with Gasteiger partial charge in [-0.3, -0.25) is 0 Å². The molecule has 1 aliphatic carbocycles. The molecule has 1 aromatic rings. The average molecular weight is 295 g/mol. The summed E-state index contributed by atoms with van der Waals surface area (Å²) in [6.07, 6.45) is 2.61. The van der Waals surface area contributed by atoms with Crippen LogP contribution in [0.25, 0.3) is 0 Å². The molecule has 1 N–H and O–H groups in total. The Bertz CT molecular complexity index is 521. The number of nitrogens with zero attached hydrogens (tertiary/aromatic N) is 1. The first-order valence-corrected chi connectivity index (χ1v) is 7.03. The van der Waals surface area contributed by atoms with Crippen LogP contribution in [0.5, 0.6) is 11.5 Å². The van der Waals surface area contributed by atoms with Crippen LogP contribution in [0.2, 0.25) is 5.02 Å². The van der Waals surface area contributed by atoms with Crippen LogP contribution in [0.4, 0.5) is 0 Å². The van der Waals surface area contributed by atoms with E-state index in [0.717, 1.165) is 18.4 Å². The Kier molecular flexibility index (Phi) is 4.74. The summed E-state index contributed by atoms with van der Waals surface area (Å²) in [5.41, 5.74) is 1.06. The third-order valence-corrected chi connectivity index (χ3v) is 3.88. The first-order valence-electron chi connectivity index (χ1n) is 6.65. The summed E-state index contributed by atoms with van der Waals surface area (Å²) in [6.45, 7) is 1.23. The first-order chi connectivity index (χ1) is 9.64. The smallest absolute Gasteiger partial charge is 0.179 e. The molecule has 0 aromatic heterocycles. The van der Waals surface area contributed by atoms with E-state index in [4.69, 9.17) is 26.3 Å². The quantitative estimate of drug-likeness (QED) is 0.839. The van der Waals surface area contributed by atoms with Gasteiger partial charge in [-0.15, -0.1) is 0 Å². The summed E-state index contributed by atoms with van der Waals surface area (Å²) < 4.78 is 11.2. The molecule has 0 heterocycles.